The van der Waals surface area contributed by atoms with Gasteiger partial charge in [0.2, 0.25) is 11.1 Å². The Hall–Kier alpha value is -1.89. The van der Waals surface area contributed by atoms with Crippen LogP contribution in [0.2, 0.25) is 0 Å². The Morgan fingerprint density at radius 2 is 1.82 bits per heavy atom. The Labute approximate surface area is 133 Å². The van der Waals surface area contributed by atoms with Crippen molar-refractivity contribution >= 4 is 17.7 Å². The van der Waals surface area contributed by atoms with Gasteiger partial charge in [-0.1, -0.05) is 42.8 Å². The lowest BCUT2D eigenvalue weighted by molar-refractivity contribution is -0.128. The Kier molecular flexibility index (Phi) is 5.05. The van der Waals surface area contributed by atoms with Crippen molar-refractivity contribution in [3.8, 4) is 5.69 Å². The predicted octanol–water partition coefficient (Wildman–Crippen LogP) is 2.16. The Morgan fingerprint density at radius 1 is 1.09 bits per heavy atom. The molecule has 1 amide bonds. The summed E-state index contributed by atoms with van der Waals surface area (Å²) in [5.74, 6) is 0.558. The molecule has 1 saturated heterocycles. The molecule has 22 heavy (non-hydrogen) atoms. The van der Waals surface area contributed by atoms with E-state index < -0.39 is 0 Å². The van der Waals surface area contributed by atoms with Crippen LogP contribution in [0.3, 0.4) is 0 Å². The summed E-state index contributed by atoms with van der Waals surface area (Å²) in [4.78, 5) is 14.3. The molecule has 2 heterocycles. The summed E-state index contributed by atoms with van der Waals surface area (Å²) in [7, 11) is 0. The summed E-state index contributed by atoms with van der Waals surface area (Å²) in [6.07, 6.45) is 4.67. The van der Waals surface area contributed by atoms with E-state index in [4.69, 9.17) is 0 Å². The largest absolute Gasteiger partial charge is 0.342 e. The molecule has 0 saturated carbocycles. The molecule has 0 N–H and O–H groups in total. The molecule has 1 aromatic heterocycles. The van der Waals surface area contributed by atoms with Gasteiger partial charge in [-0.2, -0.15) is 4.68 Å². The molecule has 1 aliphatic heterocycles. The Bertz CT molecular complexity index is 607. The van der Waals surface area contributed by atoms with Crippen LogP contribution in [0.4, 0.5) is 0 Å². The van der Waals surface area contributed by atoms with Gasteiger partial charge in [0.05, 0.1) is 11.4 Å². The molecule has 0 radical (unpaired) electrons. The second kappa shape index (κ2) is 7.40. The van der Waals surface area contributed by atoms with Crippen molar-refractivity contribution < 1.29 is 4.79 Å². The lowest BCUT2D eigenvalue weighted by atomic mass is 10.2. The predicted molar refractivity (Wildman–Crippen MR) is 84.9 cm³/mol. The number of hydrogen-bond acceptors (Lipinski definition) is 5. The van der Waals surface area contributed by atoms with Crippen molar-refractivity contribution in [2.45, 2.75) is 30.8 Å². The van der Waals surface area contributed by atoms with Gasteiger partial charge in [-0.25, -0.2) is 0 Å². The minimum Gasteiger partial charge on any atom is -0.342 e. The van der Waals surface area contributed by atoms with Crippen molar-refractivity contribution in [3.05, 3.63) is 30.3 Å². The number of amides is 1. The fourth-order valence-corrected chi connectivity index (χ4v) is 3.33. The molecular weight excluding hydrogens is 298 g/mol. The van der Waals surface area contributed by atoms with Gasteiger partial charge in [0.25, 0.3) is 0 Å². The van der Waals surface area contributed by atoms with Gasteiger partial charge in [0, 0.05) is 13.1 Å². The molecule has 1 aromatic carbocycles. The first kappa shape index (κ1) is 15.0. The first-order valence-electron chi connectivity index (χ1n) is 7.59. The molecule has 2 aromatic rings. The van der Waals surface area contributed by atoms with Gasteiger partial charge in [0.1, 0.15) is 0 Å². The summed E-state index contributed by atoms with van der Waals surface area (Å²) >= 11 is 1.39. The number of tetrazole rings is 1. The van der Waals surface area contributed by atoms with Crippen molar-refractivity contribution in [2.24, 2.45) is 0 Å². The van der Waals surface area contributed by atoms with Gasteiger partial charge in [0.15, 0.2) is 0 Å². The number of rotatable bonds is 4. The van der Waals surface area contributed by atoms with E-state index in [1.807, 2.05) is 35.2 Å². The van der Waals surface area contributed by atoms with Crippen LogP contribution in [0.25, 0.3) is 5.69 Å². The van der Waals surface area contributed by atoms with Crippen LogP contribution in [0.15, 0.2) is 35.5 Å². The van der Waals surface area contributed by atoms with Crippen LogP contribution in [0.5, 0.6) is 0 Å². The van der Waals surface area contributed by atoms with Crippen LogP contribution >= 0.6 is 11.8 Å². The van der Waals surface area contributed by atoms with Gasteiger partial charge in [-0.05, 0) is 35.4 Å². The highest BCUT2D eigenvalue weighted by Crippen LogP contribution is 2.19. The third-order valence-electron chi connectivity index (χ3n) is 3.73. The van der Waals surface area contributed by atoms with Crippen LogP contribution in [-0.4, -0.2) is 49.9 Å². The van der Waals surface area contributed by atoms with Crippen molar-refractivity contribution in [2.75, 3.05) is 18.8 Å². The molecule has 0 aliphatic carbocycles. The number of carbonyl (C=O) groups is 1. The smallest absolute Gasteiger partial charge is 0.233 e. The number of likely N-dealkylation sites (tertiary alicyclic amines) is 1. The molecule has 6 nitrogen and oxygen atoms in total. The van der Waals surface area contributed by atoms with Gasteiger partial charge >= 0.3 is 0 Å². The third kappa shape index (κ3) is 3.65. The maximum atomic E-state index is 12.3. The Balaban J connectivity index is 1.62. The molecular formula is C15H19N5OS. The van der Waals surface area contributed by atoms with Crippen molar-refractivity contribution in [1.29, 1.82) is 0 Å². The van der Waals surface area contributed by atoms with Gasteiger partial charge < -0.3 is 4.90 Å². The quantitative estimate of drug-likeness (QED) is 0.809. The first-order chi connectivity index (χ1) is 10.8. The molecule has 0 atom stereocenters. The number of thioether (sulfide) groups is 1. The Morgan fingerprint density at radius 3 is 2.55 bits per heavy atom. The fourth-order valence-electron chi connectivity index (χ4n) is 2.54. The standard InChI is InChI=1S/C15H19N5OS/c21-14(19-10-6-1-2-7-11-19)12-22-15-16-17-18-20(15)13-8-4-3-5-9-13/h3-5,8-9H,1-2,6-7,10-12H2. The molecule has 7 heteroatoms. The maximum Gasteiger partial charge on any atom is 0.233 e. The molecule has 116 valence electrons. The molecule has 0 unspecified atom stereocenters. The molecule has 0 bridgehead atoms. The highest BCUT2D eigenvalue weighted by atomic mass is 32.2. The van der Waals surface area contributed by atoms with E-state index in [1.54, 1.807) is 4.68 Å². The number of aromatic nitrogens is 4. The van der Waals surface area contributed by atoms with Crippen LogP contribution < -0.4 is 0 Å². The second-order valence-electron chi connectivity index (χ2n) is 5.29. The van der Waals surface area contributed by atoms with E-state index >= 15 is 0 Å². The minimum absolute atomic E-state index is 0.175. The summed E-state index contributed by atoms with van der Waals surface area (Å²) in [5, 5.41) is 12.4. The van der Waals surface area contributed by atoms with E-state index in [2.05, 4.69) is 15.5 Å². The van der Waals surface area contributed by atoms with Crippen LogP contribution in [0.1, 0.15) is 25.7 Å². The van der Waals surface area contributed by atoms with E-state index in [0.29, 0.717) is 10.9 Å². The van der Waals surface area contributed by atoms with E-state index in [0.717, 1.165) is 31.6 Å². The molecule has 0 spiro atoms. The van der Waals surface area contributed by atoms with Crippen molar-refractivity contribution in [1.82, 2.24) is 25.1 Å². The maximum absolute atomic E-state index is 12.3. The number of para-hydroxylation sites is 1. The highest BCUT2D eigenvalue weighted by molar-refractivity contribution is 7.99. The lowest BCUT2D eigenvalue weighted by Gasteiger charge is -2.19. The van der Waals surface area contributed by atoms with E-state index in [1.165, 1.54) is 24.6 Å². The minimum atomic E-state index is 0.175. The fraction of sp³-hybridized carbons (Fsp3) is 0.467. The molecule has 1 fully saturated rings. The second-order valence-corrected chi connectivity index (χ2v) is 6.23. The van der Waals surface area contributed by atoms with Crippen molar-refractivity contribution in [3.63, 3.8) is 0 Å². The third-order valence-corrected chi connectivity index (χ3v) is 4.63. The highest BCUT2D eigenvalue weighted by Gasteiger charge is 2.17. The molecule has 1 aliphatic rings. The molecule has 3 rings (SSSR count). The summed E-state index contributed by atoms with van der Waals surface area (Å²) in [5.41, 5.74) is 0.900. The topological polar surface area (TPSA) is 63.9 Å². The summed E-state index contributed by atoms with van der Waals surface area (Å²) < 4.78 is 1.67. The zero-order valence-corrected chi connectivity index (χ0v) is 13.2. The number of hydrogen-bond donors (Lipinski definition) is 0. The average molecular weight is 317 g/mol. The summed E-state index contributed by atoms with van der Waals surface area (Å²) in [6.45, 7) is 1.76. The van der Waals surface area contributed by atoms with E-state index in [9.17, 15) is 4.79 Å². The number of benzene rings is 1. The monoisotopic (exact) mass is 317 g/mol. The summed E-state index contributed by atoms with van der Waals surface area (Å²) in [6, 6.07) is 9.71. The first-order valence-corrected chi connectivity index (χ1v) is 8.57. The number of nitrogens with zero attached hydrogens (tertiary/aromatic N) is 5. The van der Waals surface area contributed by atoms with Gasteiger partial charge in [-0.3, -0.25) is 4.79 Å². The van der Waals surface area contributed by atoms with Gasteiger partial charge in [-0.15, -0.1) is 5.10 Å². The van der Waals surface area contributed by atoms with Crippen LogP contribution in [0, 0.1) is 0 Å². The number of carbonyl (C=O) groups excluding carboxylic acids is 1. The van der Waals surface area contributed by atoms with Crippen LogP contribution in [-0.2, 0) is 4.79 Å². The zero-order valence-electron chi connectivity index (χ0n) is 12.4. The SMILES string of the molecule is O=C(CSc1nnnn1-c1ccccc1)N1CCCCCC1. The zero-order chi connectivity index (χ0) is 15.2. The van der Waals surface area contributed by atoms with E-state index in [-0.39, 0.29) is 5.91 Å². The average Bonchev–Trinajstić information content (AvgIpc) is 2.86. The lowest BCUT2D eigenvalue weighted by Crippen LogP contribution is -2.33. The normalized spacial score (nSPS) is 15.5.